The van der Waals surface area contributed by atoms with E-state index in [0.29, 0.717) is 6.42 Å². The van der Waals surface area contributed by atoms with Crippen LogP contribution in [0.4, 0.5) is 0 Å². The van der Waals surface area contributed by atoms with E-state index in [2.05, 4.69) is 0 Å². The van der Waals surface area contributed by atoms with E-state index in [1.807, 2.05) is 6.92 Å². The molecule has 1 atom stereocenters. The zero-order chi connectivity index (χ0) is 15.1. The molecule has 0 bridgehead atoms. The molecule has 5 heteroatoms. The number of rotatable bonds is 10. The minimum atomic E-state index is -1.48. The molecule has 0 aliphatic heterocycles. The first-order valence-corrected chi connectivity index (χ1v) is 6.84. The Kier molecular flexibility index (Phi) is 7.34. The number of unbranched alkanes of at least 4 members (excludes halogenated alkanes) is 2. The van der Waals surface area contributed by atoms with Crippen molar-refractivity contribution in [1.29, 1.82) is 0 Å². The molecule has 0 spiro atoms. The van der Waals surface area contributed by atoms with Crippen molar-refractivity contribution in [3.63, 3.8) is 0 Å². The molecule has 0 aromatic rings. The quantitative estimate of drug-likeness (QED) is 0.469. The van der Waals surface area contributed by atoms with Crippen LogP contribution in [0.2, 0.25) is 0 Å². The summed E-state index contributed by atoms with van der Waals surface area (Å²) < 4.78 is 0. The van der Waals surface area contributed by atoms with Crippen LogP contribution >= 0.6 is 0 Å². The number of carboxylic acids is 1. The van der Waals surface area contributed by atoms with Crippen LogP contribution in [-0.4, -0.2) is 22.8 Å². The molecule has 0 aliphatic rings. The predicted octanol–water partition coefficient (Wildman–Crippen LogP) is 2.13. The third-order valence-corrected chi connectivity index (χ3v) is 3.64. The van der Waals surface area contributed by atoms with Crippen molar-refractivity contribution < 1.29 is 19.5 Å². The van der Waals surface area contributed by atoms with Crippen molar-refractivity contribution in [2.24, 2.45) is 17.1 Å². The standard InChI is InChI=1S/C14H25NO4/c1-4-5-6-7-11(16)14(10(2)3,13(18)19)9-8-12(15)17/h10H,4-9H2,1-3H3,(H2,15,17)(H,18,19). The van der Waals surface area contributed by atoms with Gasteiger partial charge in [-0.3, -0.25) is 14.4 Å². The number of ketones is 1. The van der Waals surface area contributed by atoms with Crippen LogP contribution in [0.25, 0.3) is 0 Å². The summed E-state index contributed by atoms with van der Waals surface area (Å²) in [5.74, 6) is -2.37. The molecule has 0 saturated heterocycles. The Morgan fingerprint density at radius 3 is 2.11 bits per heavy atom. The molecular weight excluding hydrogens is 246 g/mol. The Balaban J connectivity index is 5.05. The summed E-state index contributed by atoms with van der Waals surface area (Å²) in [6.45, 7) is 5.42. The number of aliphatic carboxylic acids is 1. The molecule has 0 fully saturated rings. The third-order valence-electron chi connectivity index (χ3n) is 3.64. The number of amides is 1. The SMILES string of the molecule is CCCCCC(=O)C(CCC(N)=O)(C(=O)O)C(C)C. The highest BCUT2D eigenvalue weighted by molar-refractivity contribution is 6.03. The normalized spacial score (nSPS) is 14.1. The van der Waals surface area contributed by atoms with Gasteiger partial charge in [0.1, 0.15) is 11.2 Å². The summed E-state index contributed by atoms with van der Waals surface area (Å²) in [4.78, 5) is 34.8. The molecule has 5 nitrogen and oxygen atoms in total. The summed E-state index contributed by atoms with van der Waals surface area (Å²) in [7, 11) is 0. The van der Waals surface area contributed by atoms with Gasteiger partial charge in [0.05, 0.1) is 0 Å². The lowest BCUT2D eigenvalue weighted by Gasteiger charge is -2.31. The number of primary amides is 1. The van der Waals surface area contributed by atoms with Gasteiger partial charge in [-0.05, 0) is 18.8 Å². The van der Waals surface area contributed by atoms with Gasteiger partial charge in [-0.15, -0.1) is 0 Å². The third kappa shape index (κ3) is 4.65. The summed E-state index contributed by atoms with van der Waals surface area (Å²) in [5.41, 5.74) is 3.60. The van der Waals surface area contributed by atoms with E-state index >= 15 is 0 Å². The minimum absolute atomic E-state index is 0.0136. The van der Waals surface area contributed by atoms with Gasteiger partial charge >= 0.3 is 5.97 Å². The van der Waals surface area contributed by atoms with Crippen LogP contribution in [0, 0.1) is 11.3 Å². The van der Waals surface area contributed by atoms with Gasteiger partial charge in [-0.1, -0.05) is 33.6 Å². The van der Waals surface area contributed by atoms with Crippen LogP contribution in [0.3, 0.4) is 0 Å². The summed E-state index contributed by atoms with van der Waals surface area (Å²) in [5, 5.41) is 9.46. The fourth-order valence-electron chi connectivity index (χ4n) is 2.30. The number of Topliss-reactive ketones (excluding diaryl/α,β-unsaturated/α-hetero) is 1. The zero-order valence-corrected chi connectivity index (χ0v) is 12.1. The average molecular weight is 271 g/mol. The second-order valence-corrected chi connectivity index (χ2v) is 5.28. The lowest BCUT2D eigenvalue weighted by molar-refractivity contribution is -0.159. The number of hydrogen-bond donors (Lipinski definition) is 2. The highest BCUT2D eigenvalue weighted by Gasteiger charge is 2.47. The molecule has 0 aromatic carbocycles. The molecule has 0 rings (SSSR count). The first-order valence-electron chi connectivity index (χ1n) is 6.84. The van der Waals surface area contributed by atoms with E-state index in [9.17, 15) is 19.5 Å². The van der Waals surface area contributed by atoms with Gasteiger partial charge in [0, 0.05) is 12.8 Å². The van der Waals surface area contributed by atoms with Crippen molar-refractivity contribution in [1.82, 2.24) is 0 Å². The molecule has 1 unspecified atom stereocenters. The Labute approximate surface area is 114 Å². The number of carboxylic acid groups (broad SMARTS) is 1. The molecule has 3 N–H and O–H groups in total. The van der Waals surface area contributed by atoms with Crippen LogP contribution < -0.4 is 5.73 Å². The lowest BCUT2D eigenvalue weighted by Crippen LogP contribution is -2.44. The van der Waals surface area contributed by atoms with Gasteiger partial charge in [-0.25, -0.2) is 0 Å². The molecule has 19 heavy (non-hydrogen) atoms. The zero-order valence-electron chi connectivity index (χ0n) is 12.1. The van der Waals surface area contributed by atoms with Crippen molar-refractivity contribution in [2.45, 2.75) is 59.3 Å². The molecule has 110 valence electrons. The monoisotopic (exact) mass is 271 g/mol. The van der Waals surface area contributed by atoms with Crippen molar-refractivity contribution in [3.05, 3.63) is 0 Å². The Hall–Kier alpha value is -1.39. The number of carbonyl (C=O) groups excluding carboxylic acids is 2. The topological polar surface area (TPSA) is 97.5 Å². The predicted molar refractivity (Wildman–Crippen MR) is 72.5 cm³/mol. The van der Waals surface area contributed by atoms with Crippen LogP contribution in [-0.2, 0) is 14.4 Å². The van der Waals surface area contributed by atoms with Gasteiger partial charge in [0.15, 0.2) is 0 Å². The summed E-state index contributed by atoms with van der Waals surface area (Å²) >= 11 is 0. The average Bonchev–Trinajstić information content (AvgIpc) is 2.28. The number of hydrogen-bond acceptors (Lipinski definition) is 3. The van der Waals surface area contributed by atoms with E-state index in [-0.39, 0.29) is 31.0 Å². The first kappa shape index (κ1) is 17.6. The van der Waals surface area contributed by atoms with Gasteiger partial charge in [0.25, 0.3) is 0 Å². The summed E-state index contributed by atoms with van der Waals surface area (Å²) in [6, 6.07) is 0. The highest BCUT2D eigenvalue weighted by Crippen LogP contribution is 2.36. The maximum atomic E-state index is 12.3. The molecule has 0 radical (unpaired) electrons. The van der Waals surface area contributed by atoms with Crippen LogP contribution in [0.5, 0.6) is 0 Å². The molecule has 1 amide bonds. The minimum Gasteiger partial charge on any atom is -0.480 e. The van der Waals surface area contributed by atoms with Gasteiger partial charge < -0.3 is 10.8 Å². The Morgan fingerprint density at radius 2 is 1.74 bits per heavy atom. The molecule has 0 aliphatic carbocycles. The van der Waals surface area contributed by atoms with E-state index in [0.717, 1.165) is 12.8 Å². The molecule has 0 aromatic heterocycles. The number of nitrogens with two attached hydrogens (primary N) is 1. The second kappa shape index (κ2) is 7.92. The number of carbonyl (C=O) groups is 3. The molecule has 0 heterocycles. The lowest BCUT2D eigenvalue weighted by atomic mass is 9.69. The van der Waals surface area contributed by atoms with Crippen LogP contribution in [0.15, 0.2) is 0 Å². The van der Waals surface area contributed by atoms with Crippen molar-refractivity contribution in [3.8, 4) is 0 Å². The maximum Gasteiger partial charge on any atom is 0.317 e. The smallest absolute Gasteiger partial charge is 0.317 e. The van der Waals surface area contributed by atoms with Crippen molar-refractivity contribution >= 4 is 17.7 Å². The molecular formula is C14H25NO4. The van der Waals surface area contributed by atoms with E-state index in [4.69, 9.17) is 5.73 Å². The van der Waals surface area contributed by atoms with Gasteiger partial charge in [-0.2, -0.15) is 0 Å². The van der Waals surface area contributed by atoms with E-state index < -0.39 is 17.3 Å². The molecule has 0 saturated carbocycles. The Bertz CT molecular complexity index is 338. The second-order valence-electron chi connectivity index (χ2n) is 5.28. The van der Waals surface area contributed by atoms with E-state index in [1.54, 1.807) is 13.8 Å². The van der Waals surface area contributed by atoms with E-state index in [1.165, 1.54) is 0 Å². The highest BCUT2D eigenvalue weighted by atomic mass is 16.4. The van der Waals surface area contributed by atoms with Crippen LogP contribution in [0.1, 0.15) is 59.3 Å². The first-order chi connectivity index (χ1) is 8.78. The maximum absolute atomic E-state index is 12.3. The fraction of sp³-hybridized carbons (Fsp3) is 0.786. The Morgan fingerprint density at radius 1 is 1.16 bits per heavy atom. The van der Waals surface area contributed by atoms with Gasteiger partial charge in [0.2, 0.25) is 5.91 Å². The largest absolute Gasteiger partial charge is 0.480 e. The van der Waals surface area contributed by atoms with Crippen molar-refractivity contribution in [2.75, 3.05) is 0 Å². The fourth-order valence-corrected chi connectivity index (χ4v) is 2.30. The summed E-state index contributed by atoms with van der Waals surface area (Å²) in [6.07, 6.45) is 2.71.